The fourth-order valence-corrected chi connectivity index (χ4v) is 2.17. The third-order valence-electron chi connectivity index (χ3n) is 2.63. The lowest BCUT2D eigenvalue weighted by Crippen LogP contribution is -2.25. The third kappa shape index (κ3) is 3.52. The van der Waals surface area contributed by atoms with Gasteiger partial charge in [-0.1, -0.05) is 23.2 Å². The van der Waals surface area contributed by atoms with Crippen LogP contribution in [0.5, 0.6) is 5.75 Å². The molecule has 1 aromatic carbocycles. The van der Waals surface area contributed by atoms with Gasteiger partial charge in [-0.05, 0) is 19.9 Å². The SMILES string of the molecule is CC1(C)OCC(COc2cc(Cl)c(C#N)cc2Cl)O1. The summed E-state index contributed by atoms with van der Waals surface area (Å²) >= 11 is 11.9. The average molecular weight is 302 g/mol. The summed E-state index contributed by atoms with van der Waals surface area (Å²) in [6, 6.07) is 4.97. The Labute approximate surface area is 121 Å². The van der Waals surface area contributed by atoms with Crippen molar-refractivity contribution < 1.29 is 14.2 Å². The molecule has 6 heteroatoms. The van der Waals surface area contributed by atoms with Crippen molar-refractivity contribution in [2.45, 2.75) is 25.7 Å². The van der Waals surface area contributed by atoms with Gasteiger partial charge in [0.2, 0.25) is 0 Å². The van der Waals surface area contributed by atoms with Crippen LogP contribution in [0.3, 0.4) is 0 Å². The number of halogens is 2. The number of rotatable bonds is 3. The van der Waals surface area contributed by atoms with E-state index in [1.54, 1.807) is 0 Å². The van der Waals surface area contributed by atoms with E-state index < -0.39 is 5.79 Å². The van der Waals surface area contributed by atoms with Crippen LogP contribution in [0.4, 0.5) is 0 Å². The molecule has 0 aromatic heterocycles. The van der Waals surface area contributed by atoms with Gasteiger partial charge < -0.3 is 14.2 Å². The molecule has 1 atom stereocenters. The molecule has 0 bridgehead atoms. The first-order valence-electron chi connectivity index (χ1n) is 5.75. The van der Waals surface area contributed by atoms with Crippen LogP contribution < -0.4 is 4.74 Å². The molecule has 1 heterocycles. The first-order chi connectivity index (χ1) is 8.91. The Morgan fingerprint density at radius 2 is 2.16 bits per heavy atom. The molecule has 1 saturated heterocycles. The molecule has 1 unspecified atom stereocenters. The smallest absolute Gasteiger partial charge is 0.163 e. The standard InChI is InChI=1S/C13H13Cl2NO3/c1-13(2)18-7-9(19-13)6-17-12-4-10(14)8(5-16)3-11(12)15/h3-4,9H,6-7H2,1-2H3. The van der Waals surface area contributed by atoms with Gasteiger partial charge in [-0.15, -0.1) is 0 Å². The second-order valence-electron chi connectivity index (χ2n) is 4.64. The molecule has 0 aliphatic carbocycles. The van der Waals surface area contributed by atoms with Gasteiger partial charge in [0, 0.05) is 6.07 Å². The van der Waals surface area contributed by atoms with Crippen molar-refractivity contribution >= 4 is 23.2 Å². The van der Waals surface area contributed by atoms with Crippen LogP contribution in [0.15, 0.2) is 12.1 Å². The summed E-state index contributed by atoms with van der Waals surface area (Å²) < 4.78 is 16.6. The second kappa shape index (κ2) is 5.56. The number of benzene rings is 1. The predicted molar refractivity (Wildman–Crippen MR) is 71.6 cm³/mol. The maximum Gasteiger partial charge on any atom is 0.163 e. The van der Waals surface area contributed by atoms with E-state index in [-0.39, 0.29) is 6.10 Å². The van der Waals surface area contributed by atoms with Crippen LogP contribution >= 0.6 is 23.2 Å². The molecule has 1 aliphatic rings. The first-order valence-corrected chi connectivity index (χ1v) is 6.50. The van der Waals surface area contributed by atoms with Gasteiger partial charge in [-0.2, -0.15) is 5.26 Å². The van der Waals surface area contributed by atoms with Crippen molar-refractivity contribution in [3.63, 3.8) is 0 Å². The Balaban J connectivity index is 2.01. The zero-order valence-corrected chi connectivity index (χ0v) is 12.1. The summed E-state index contributed by atoms with van der Waals surface area (Å²) in [5.41, 5.74) is 0.320. The zero-order valence-electron chi connectivity index (χ0n) is 10.6. The predicted octanol–water partition coefficient (Wildman–Crippen LogP) is 3.40. The van der Waals surface area contributed by atoms with Crippen molar-refractivity contribution in [3.05, 3.63) is 27.7 Å². The fraction of sp³-hybridized carbons (Fsp3) is 0.462. The first kappa shape index (κ1) is 14.4. The van der Waals surface area contributed by atoms with Crippen molar-refractivity contribution in [3.8, 4) is 11.8 Å². The number of nitriles is 1. The molecule has 2 rings (SSSR count). The summed E-state index contributed by atoms with van der Waals surface area (Å²) in [5, 5.41) is 9.48. The van der Waals surface area contributed by atoms with Crippen LogP contribution in [0.25, 0.3) is 0 Å². The highest BCUT2D eigenvalue weighted by Gasteiger charge is 2.33. The molecule has 1 aromatic rings. The van der Waals surface area contributed by atoms with Crippen LogP contribution in [0.1, 0.15) is 19.4 Å². The maximum atomic E-state index is 8.82. The zero-order chi connectivity index (χ0) is 14.0. The monoisotopic (exact) mass is 301 g/mol. The molecular weight excluding hydrogens is 289 g/mol. The third-order valence-corrected chi connectivity index (χ3v) is 3.24. The lowest BCUT2D eigenvalue weighted by atomic mass is 10.2. The van der Waals surface area contributed by atoms with Gasteiger partial charge in [0.1, 0.15) is 24.5 Å². The van der Waals surface area contributed by atoms with Gasteiger partial charge in [-0.25, -0.2) is 0 Å². The van der Waals surface area contributed by atoms with Gasteiger partial charge in [0.05, 0.1) is 22.2 Å². The van der Waals surface area contributed by atoms with Gasteiger partial charge in [0.15, 0.2) is 5.79 Å². The lowest BCUT2D eigenvalue weighted by Gasteiger charge is -2.17. The molecule has 0 amide bonds. The normalized spacial score (nSPS) is 21.1. The Morgan fingerprint density at radius 3 is 2.74 bits per heavy atom. The summed E-state index contributed by atoms with van der Waals surface area (Å²) in [6.07, 6.45) is -0.152. The summed E-state index contributed by atoms with van der Waals surface area (Å²) in [5.74, 6) is -0.154. The Kier molecular flexibility index (Phi) is 4.22. The highest BCUT2D eigenvalue weighted by Crippen LogP contribution is 2.31. The lowest BCUT2D eigenvalue weighted by molar-refractivity contribution is -0.141. The van der Waals surface area contributed by atoms with Crippen LogP contribution in [-0.2, 0) is 9.47 Å². The van der Waals surface area contributed by atoms with E-state index >= 15 is 0 Å². The quantitative estimate of drug-likeness (QED) is 0.858. The second-order valence-corrected chi connectivity index (χ2v) is 5.45. The minimum atomic E-state index is -0.583. The highest BCUT2D eigenvalue weighted by atomic mass is 35.5. The van der Waals surface area contributed by atoms with Crippen LogP contribution in [0, 0.1) is 11.3 Å². The number of ether oxygens (including phenoxy) is 3. The van der Waals surface area contributed by atoms with E-state index in [2.05, 4.69) is 0 Å². The van der Waals surface area contributed by atoms with Crippen molar-refractivity contribution in [1.29, 1.82) is 5.26 Å². The van der Waals surface area contributed by atoms with Crippen molar-refractivity contribution in [1.82, 2.24) is 0 Å². The molecule has 0 N–H and O–H groups in total. The molecule has 19 heavy (non-hydrogen) atoms. The Morgan fingerprint density at radius 1 is 1.42 bits per heavy atom. The van der Waals surface area contributed by atoms with Gasteiger partial charge >= 0.3 is 0 Å². The molecule has 1 fully saturated rings. The van der Waals surface area contributed by atoms with E-state index in [0.717, 1.165) is 0 Å². The van der Waals surface area contributed by atoms with Gasteiger partial charge in [-0.3, -0.25) is 0 Å². The van der Waals surface area contributed by atoms with Crippen molar-refractivity contribution in [2.75, 3.05) is 13.2 Å². The summed E-state index contributed by atoms with van der Waals surface area (Å²) in [4.78, 5) is 0. The highest BCUT2D eigenvalue weighted by molar-refractivity contribution is 6.35. The molecule has 0 spiro atoms. The number of hydrogen-bond donors (Lipinski definition) is 0. The minimum absolute atomic E-state index is 0.152. The van der Waals surface area contributed by atoms with Crippen molar-refractivity contribution in [2.24, 2.45) is 0 Å². The molecule has 0 radical (unpaired) electrons. The van der Waals surface area contributed by atoms with Gasteiger partial charge in [0.25, 0.3) is 0 Å². The van der Waals surface area contributed by atoms with Crippen LogP contribution in [0.2, 0.25) is 10.0 Å². The maximum absolute atomic E-state index is 8.82. The largest absolute Gasteiger partial charge is 0.489 e. The summed E-state index contributed by atoms with van der Waals surface area (Å²) in [7, 11) is 0. The molecule has 1 aliphatic heterocycles. The van der Waals surface area contributed by atoms with E-state index in [1.807, 2.05) is 19.9 Å². The van der Waals surface area contributed by atoms with E-state index in [9.17, 15) is 0 Å². The van der Waals surface area contributed by atoms with E-state index in [1.165, 1.54) is 12.1 Å². The van der Waals surface area contributed by atoms with Crippen LogP contribution in [-0.4, -0.2) is 25.1 Å². The fourth-order valence-electron chi connectivity index (χ4n) is 1.75. The van der Waals surface area contributed by atoms with E-state index in [4.69, 9.17) is 42.7 Å². The van der Waals surface area contributed by atoms with E-state index in [0.29, 0.717) is 34.6 Å². The molecule has 102 valence electrons. The Hall–Kier alpha value is -0.990. The molecule has 0 saturated carbocycles. The topological polar surface area (TPSA) is 51.5 Å². The molecule has 4 nitrogen and oxygen atoms in total. The number of nitrogens with zero attached hydrogens (tertiary/aromatic N) is 1. The number of hydrogen-bond acceptors (Lipinski definition) is 4. The minimum Gasteiger partial charge on any atom is -0.489 e. The molecular formula is C13H13Cl2NO3. The summed E-state index contributed by atoms with van der Waals surface area (Å²) in [6.45, 7) is 4.47. The average Bonchev–Trinajstić information content (AvgIpc) is 2.69. The Bertz CT molecular complexity index is 525.